The lowest BCUT2D eigenvalue weighted by atomic mass is 10.1. The molecule has 0 fully saturated rings. The molecule has 0 saturated heterocycles. The van der Waals surface area contributed by atoms with Crippen molar-refractivity contribution in [3.8, 4) is 5.75 Å². The van der Waals surface area contributed by atoms with Gasteiger partial charge in [-0.05, 0) is 30.7 Å². The van der Waals surface area contributed by atoms with E-state index in [2.05, 4.69) is 9.72 Å². The second-order valence-electron chi connectivity index (χ2n) is 3.22. The zero-order valence-electron chi connectivity index (χ0n) is 8.08. The molecule has 0 N–H and O–H groups in total. The molecule has 0 spiro atoms. The number of hydrogen-bond donors (Lipinski definition) is 0. The Hall–Kier alpha value is -1.71. The van der Waals surface area contributed by atoms with Gasteiger partial charge in [-0.1, -0.05) is 6.07 Å². The van der Waals surface area contributed by atoms with Crippen LogP contribution in [0.4, 0.5) is 8.78 Å². The normalized spacial score (nSPS) is 10.9. The smallest absolute Gasteiger partial charge is 0.387 e. The second-order valence-corrected chi connectivity index (χ2v) is 3.22. The van der Waals surface area contributed by atoms with Gasteiger partial charge >= 0.3 is 6.61 Å². The summed E-state index contributed by atoms with van der Waals surface area (Å²) in [6.45, 7) is -0.998. The van der Waals surface area contributed by atoms with Crippen molar-refractivity contribution in [2.75, 3.05) is 0 Å². The number of alkyl halides is 2. The highest BCUT2D eigenvalue weighted by atomic mass is 19.3. The Kier molecular flexibility index (Phi) is 2.49. The highest BCUT2D eigenvalue weighted by Gasteiger charge is 2.09. The molecular formula is C11H9F2NO. The van der Waals surface area contributed by atoms with E-state index in [1.165, 1.54) is 0 Å². The largest absolute Gasteiger partial charge is 0.432 e. The molecule has 0 radical (unpaired) electrons. The van der Waals surface area contributed by atoms with E-state index in [0.29, 0.717) is 5.52 Å². The lowest BCUT2D eigenvalue weighted by Gasteiger charge is -2.08. The van der Waals surface area contributed by atoms with Gasteiger partial charge in [0.05, 0.1) is 0 Å². The van der Waals surface area contributed by atoms with Gasteiger partial charge in [0, 0.05) is 11.6 Å². The lowest BCUT2D eigenvalue weighted by Crippen LogP contribution is -2.03. The third kappa shape index (κ3) is 2.03. The van der Waals surface area contributed by atoms with Crippen molar-refractivity contribution in [1.29, 1.82) is 0 Å². The summed E-state index contributed by atoms with van der Waals surface area (Å²) < 4.78 is 28.7. The van der Waals surface area contributed by atoms with Gasteiger partial charge in [0.1, 0.15) is 5.52 Å². The van der Waals surface area contributed by atoms with E-state index in [1.54, 1.807) is 18.3 Å². The molecule has 0 aliphatic rings. The maximum Gasteiger partial charge on any atom is 0.387 e. The van der Waals surface area contributed by atoms with Crippen LogP contribution in [-0.2, 0) is 0 Å². The van der Waals surface area contributed by atoms with Crippen LogP contribution in [-0.4, -0.2) is 11.6 Å². The maximum atomic E-state index is 12.1. The van der Waals surface area contributed by atoms with Crippen LogP contribution in [0.3, 0.4) is 0 Å². The summed E-state index contributed by atoms with van der Waals surface area (Å²) in [5.41, 5.74) is 1.33. The second kappa shape index (κ2) is 3.81. The van der Waals surface area contributed by atoms with E-state index < -0.39 is 6.61 Å². The molecule has 0 unspecified atom stereocenters. The average Bonchev–Trinajstić information content (AvgIpc) is 2.16. The first-order valence-electron chi connectivity index (χ1n) is 4.47. The van der Waals surface area contributed by atoms with Crippen molar-refractivity contribution in [3.63, 3.8) is 0 Å². The number of hydrogen-bond acceptors (Lipinski definition) is 2. The molecule has 0 bridgehead atoms. The number of ether oxygens (including phenoxy) is 1. The molecule has 1 heterocycles. The van der Waals surface area contributed by atoms with Crippen molar-refractivity contribution < 1.29 is 13.5 Å². The standard InChI is InChI=1S/C11H9F2NO/c1-7-5-8-3-2-4-14-10(8)9(6-7)15-11(12)13/h2-6,11H,1H3. The quantitative estimate of drug-likeness (QED) is 0.758. The van der Waals surface area contributed by atoms with Crippen LogP contribution < -0.4 is 4.74 Å². The highest BCUT2D eigenvalue weighted by Crippen LogP contribution is 2.26. The molecule has 2 rings (SSSR count). The molecule has 78 valence electrons. The molecule has 0 amide bonds. The summed E-state index contributed by atoms with van der Waals surface area (Å²) in [6.07, 6.45) is 1.55. The van der Waals surface area contributed by atoms with Gasteiger partial charge < -0.3 is 4.74 Å². The molecule has 0 saturated carbocycles. The van der Waals surface area contributed by atoms with Crippen molar-refractivity contribution >= 4 is 10.9 Å². The fourth-order valence-electron chi connectivity index (χ4n) is 1.49. The van der Waals surface area contributed by atoms with E-state index in [0.717, 1.165) is 10.9 Å². The molecule has 15 heavy (non-hydrogen) atoms. The topological polar surface area (TPSA) is 22.1 Å². The van der Waals surface area contributed by atoms with Crippen molar-refractivity contribution in [2.45, 2.75) is 13.5 Å². The third-order valence-corrected chi connectivity index (χ3v) is 2.03. The number of pyridine rings is 1. The Morgan fingerprint density at radius 3 is 2.87 bits per heavy atom. The Morgan fingerprint density at radius 2 is 2.13 bits per heavy atom. The minimum Gasteiger partial charge on any atom is -0.432 e. The van der Waals surface area contributed by atoms with Gasteiger partial charge in [0.25, 0.3) is 0 Å². The van der Waals surface area contributed by atoms with Gasteiger partial charge in [-0.15, -0.1) is 0 Å². The van der Waals surface area contributed by atoms with Crippen LogP contribution in [0.15, 0.2) is 30.5 Å². The minimum absolute atomic E-state index is 0.126. The van der Waals surface area contributed by atoms with Gasteiger partial charge in [-0.2, -0.15) is 8.78 Å². The number of fused-ring (bicyclic) bond motifs is 1. The van der Waals surface area contributed by atoms with E-state index in [-0.39, 0.29) is 5.75 Å². The molecule has 0 atom stereocenters. The molecule has 2 nitrogen and oxygen atoms in total. The molecule has 2 aromatic rings. The van der Waals surface area contributed by atoms with E-state index in [9.17, 15) is 8.78 Å². The first kappa shape index (κ1) is 9.83. The zero-order valence-corrected chi connectivity index (χ0v) is 8.08. The summed E-state index contributed by atoms with van der Waals surface area (Å²) in [4.78, 5) is 4.02. The van der Waals surface area contributed by atoms with Crippen LogP contribution in [0.25, 0.3) is 10.9 Å². The summed E-state index contributed by atoms with van der Waals surface area (Å²) in [6, 6.07) is 7.00. The number of nitrogens with zero attached hydrogens (tertiary/aromatic N) is 1. The van der Waals surface area contributed by atoms with Crippen molar-refractivity contribution in [2.24, 2.45) is 0 Å². The molecule has 1 aromatic carbocycles. The minimum atomic E-state index is -2.82. The van der Waals surface area contributed by atoms with Gasteiger partial charge in [-0.3, -0.25) is 4.98 Å². The molecule has 0 aliphatic heterocycles. The Bertz CT molecular complexity index is 485. The maximum absolute atomic E-state index is 12.1. The Labute approximate surface area is 85.5 Å². The summed E-state index contributed by atoms with van der Waals surface area (Å²) in [5, 5.41) is 0.799. The SMILES string of the molecule is Cc1cc(OC(F)F)c2ncccc2c1. The zero-order chi connectivity index (χ0) is 10.8. The van der Waals surface area contributed by atoms with Crippen molar-refractivity contribution in [3.05, 3.63) is 36.0 Å². The number of aromatic nitrogens is 1. The van der Waals surface area contributed by atoms with Crippen LogP contribution >= 0.6 is 0 Å². The first-order valence-corrected chi connectivity index (χ1v) is 4.47. The molecule has 1 aromatic heterocycles. The molecular weight excluding hydrogens is 200 g/mol. The summed E-state index contributed by atoms with van der Waals surface area (Å²) in [7, 11) is 0. The summed E-state index contributed by atoms with van der Waals surface area (Å²) >= 11 is 0. The fraction of sp³-hybridized carbons (Fsp3) is 0.182. The van der Waals surface area contributed by atoms with Gasteiger partial charge in [0.15, 0.2) is 5.75 Å². The number of benzene rings is 1. The predicted molar refractivity (Wildman–Crippen MR) is 53.1 cm³/mol. The van der Waals surface area contributed by atoms with E-state index in [4.69, 9.17) is 0 Å². The third-order valence-electron chi connectivity index (χ3n) is 2.03. The lowest BCUT2D eigenvalue weighted by molar-refractivity contribution is -0.0489. The van der Waals surface area contributed by atoms with E-state index in [1.807, 2.05) is 19.1 Å². The first-order chi connectivity index (χ1) is 7.16. The Morgan fingerprint density at radius 1 is 1.33 bits per heavy atom. The highest BCUT2D eigenvalue weighted by molar-refractivity contribution is 5.85. The van der Waals surface area contributed by atoms with E-state index >= 15 is 0 Å². The van der Waals surface area contributed by atoms with Crippen LogP contribution in [0.1, 0.15) is 5.56 Å². The summed E-state index contributed by atoms with van der Waals surface area (Å²) in [5.74, 6) is 0.126. The van der Waals surface area contributed by atoms with Crippen LogP contribution in [0.5, 0.6) is 5.75 Å². The fourth-order valence-corrected chi connectivity index (χ4v) is 1.49. The van der Waals surface area contributed by atoms with Gasteiger partial charge in [0.2, 0.25) is 0 Å². The number of aryl methyl sites for hydroxylation is 1. The predicted octanol–water partition coefficient (Wildman–Crippen LogP) is 3.14. The number of halogens is 2. The van der Waals surface area contributed by atoms with Crippen LogP contribution in [0, 0.1) is 6.92 Å². The monoisotopic (exact) mass is 209 g/mol. The van der Waals surface area contributed by atoms with Gasteiger partial charge in [-0.25, -0.2) is 0 Å². The Balaban J connectivity index is 2.60. The van der Waals surface area contributed by atoms with Crippen LogP contribution in [0.2, 0.25) is 0 Å². The van der Waals surface area contributed by atoms with Crippen molar-refractivity contribution in [1.82, 2.24) is 4.98 Å². The molecule has 0 aliphatic carbocycles. The average molecular weight is 209 g/mol. The molecule has 4 heteroatoms. The number of rotatable bonds is 2.